The highest BCUT2D eigenvalue weighted by molar-refractivity contribution is 5.98. The number of aromatic nitrogens is 4. The lowest BCUT2D eigenvalue weighted by atomic mass is 10.1. The smallest absolute Gasteiger partial charge is 0.164 e. The number of nitrogens with zero attached hydrogens (tertiary/aromatic N) is 4. The van der Waals surface area contributed by atoms with Crippen LogP contribution in [0.15, 0.2) is 48.8 Å². The Hall–Kier alpha value is -3.48. The molecule has 1 aliphatic carbocycles. The largest absolute Gasteiger partial charge is 0.497 e. The molecular weight excluding hydrogens is 357 g/mol. The van der Waals surface area contributed by atoms with Crippen molar-refractivity contribution < 1.29 is 9.13 Å². The molecule has 0 fully saturated rings. The minimum atomic E-state index is -0.404. The Balaban J connectivity index is 1.76. The third-order valence-corrected chi connectivity index (χ3v) is 5.29. The molecule has 4 aromatic rings. The van der Waals surface area contributed by atoms with Gasteiger partial charge >= 0.3 is 0 Å². The minimum absolute atomic E-state index is 0.0530. The molecule has 0 amide bonds. The van der Waals surface area contributed by atoms with Crippen molar-refractivity contribution in [1.29, 1.82) is 0 Å². The van der Waals surface area contributed by atoms with E-state index in [0.29, 0.717) is 33.9 Å². The van der Waals surface area contributed by atoms with Gasteiger partial charge in [-0.05, 0) is 36.1 Å². The van der Waals surface area contributed by atoms with Crippen molar-refractivity contribution in [3.63, 3.8) is 0 Å². The van der Waals surface area contributed by atoms with E-state index in [-0.39, 0.29) is 6.04 Å². The quantitative estimate of drug-likeness (QED) is 0.590. The second-order valence-electron chi connectivity index (χ2n) is 6.88. The molecule has 0 spiro atoms. The first kappa shape index (κ1) is 16.7. The Morgan fingerprint density at radius 1 is 1.18 bits per heavy atom. The summed E-state index contributed by atoms with van der Waals surface area (Å²) in [4.78, 5) is 8.59. The van der Waals surface area contributed by atoms with Gasteiger partial charge in [-0.2, -0.15) is 5.10 Å². The Kier molecular flexibility index (Phi) is 3.75. The van der Waals surface area contributed by atoms with Crippen molar-refractivity contribution in [2.75, 3.05) is 12.8 Å². The summed E-state index contributed by atoms with van der Waals surface area (Å²) >= 11 is 0. The van der Waals surface area contributed by atoms with E-state index in [1.807, 2.05) is 16.8 Å². The van der Waals surface area contributed by atoms with E-state index in [4.69, 9.17) is 15.6 Å². The third-order valence-electron chi connectivity index (χ3n) is 5.29. The van der Waals surface area contributed by atoms with Gasteiger partial charge in [0.2, 0.25) is 0 Å². The van der Waals surface area contributed by atoms with Gasteiger partial charge in [0.1, 0.15) is 29.4 Å². The molecular formula is C21H18FN5O. The van der Waals surface area contributed by atoms with Gasteiger partial charge in [0.05, 0.1) is 18.5 Å². The molecule has 6 nitrogen and oxygen atoms in total. The second-order valence-corrected chi connectivity index (χ2v) is 6.88. The standard InChI is InChI=1S/C21H18FN5O/c1-28-15-9-13(8-14(22)10-15)19-18-20(23)24-11-25-21(18)27(26-19)17-7-6-12-4-2-3-5-16(12)17/h2-5,8-11,17H,6-7H2,1H3,(H2,23,24,25). The molecule has 0 aliphatic heterocycles. The summed E-state index contributed by atoms with van der Waals surface area (Å²) in [5.74, 6) is 0.332. The highest BCUT2D eigenvalue weighted by Gasteiger charge is 2.28. The summed E-state index contributed by atoms with van der Waals surface area (Å²) in [5.41, 5.74) is 10.5. The number of ether oxygens (including phenoxy) is 1. The number of anilines is 1. The highest BCUT2D eigenvalue weighted by atomic mass is 19.1. The molecule has 2 aromatic carbocycles. The van der Waals surface area contributed by atoms with E-state index < -0.39 is 5.82 Å². The lowest BCUT2D eigenvalue weighted by Crippen LogP contribution is -2.10. The number of methoxy groups -OCH3 is 1. The lowest BCUT2D eigenvalue weighted by molar-refractivity contribution is 0.411. The van der Waals surface area contributed by atoms with E-state index in [2.05, 4.69) is 22.1 Å². The van der Waals surface area contributed by atoms with Crippen molar-refractivity contribution in [2.45, 2.75) is 18.9 Å². The first-order chi connectivity index (χ1) is 13.7. The van der Waals surface area contributed by atoms with Crippen LogP contribution in [0, 0.1) is 5.82 Å². The Bertz CT molecular complexity index is 1200. The zero-order chi connectivity index (χ0) is 19.3. The maximum absolute atomic E-state index is 14.1. The number of hydrogen-bond donors (Lipinski definition) is 1. The first-order valence-corrected chi connectivity index (χ1v) is 9.07. The number of fused-ring (bicyclic) bond motifs is 2. The molecule has 1 unspecified atom stereocenters. The SMILES string of the molecule is COc1cc(F)cc(-c2nn(C3CCc4ccccc43)c3ncnc(N)c23)c1. The van der Waals surface area contributed by atoms with E-state index in [1.54, 1.807) is 6.07 Å². The molecule has 1 aliphatic rings. The third kappa shape index (κ3) is 2.51. The molecule has 7 heteroatoms. The molecule has 5 rings (SSSR count). The lowest BCUT2D eigenvalue weighted by Gasteiger charge is -2.13. The van der Waals surface area contributed by atoms with Crippen molar-refractivity contribution >= 4 is 16.9 Å². The van der Waals surface area contributed by atoms with Crippen LogP contribution >= 0.6 is 0 Å². The predicted octanol–water partition coefficient (Wildman–Crippen LogP) is 3.76. The van der Waals surface area contributed by atoms with E-state index in [1.165, 1.54) is 36.7 Å². The number of nitrogen functional groups attached to an aromatic ring is 1. The average molecular weight is 375 g/mol. The highest BCUT2D eigenvalue weighted by Crippen LogP contribution is 2.39. The fraction of sp³-hybridized carbons (Fsp3) is 0.190. The van der Waals surface area contributed by atoms with Crippen LogP contribution in [0.25, 0.3) is 22.3 Å². The van der Waals surface area contributed by atoms with Gasteiger partial charge in [0, 0.05) is 11.6 Å². The van der Waals surface area contributed by atoms with Crippen LogP contribution in [0.3, 0.4) is 0 Å². The summed E-state index contributed by atoms with van der Waals surface area (Å²) < 4.78 is 21.2. The summed E-state index contributed by atoms with van der Waals surface area (Å²) in [6.45, 7) is 0. The molecule has 140 valence electrons. The van der Waals surface area contributed by atoms with E-state index >= 15 is 0 Å². The summed E-state index contributed by atoms with van der Waals surface area (Å²) in [5, 5.41) is 5.45. The molecule has 0 radical (unpaired) electrons. The number of hydrogen-bond acceptors (Lipinski definition) is 5. The van der Waals surface area contributed by atoms with Crippen LogP contribution in [0.1, 0.15) is 23.6 Å². The van der Waals surface area contributed by atoms with Crippen LogP contribution in [0.4, 0.5) is 10.2 Å². The molecule has 2 heterocycles. The van der Waals surface area contributed by atoms with E-state index in [0.717, 1.165) is 12.8 Å². The Labute approximate surface area is 160 Å². The van der Waals surface area contributed by atoms with Gasteiger partial charge < -0.3 is 10.5 Å². The number of aryl methyl sites for hydroxylation is 1. The van der Waals surface area contributed by atoms with Crippen LogP contribution in [-0.2, 0) is 6.42 Å². The zero-order valence-corrected chi connectivity index (χ0v) is 15.3. The van der Waals surface area contributed by atoms with Gasteiger partial charge in [-0.3, -0.25) is 0 Å². The molecule has 2 N–H and O–H groups in total. The van der Waals surface area contributed by atoms with Crippen molar-refractivity contribution in [3.05, 3.63) is 65.7 Å². The van der Waals surface area contributed by atoms with Crippen LogP contribution in [0.5, 0.6) is 5.75 Å². The number of rotatable bonds is 3. The van der Waals surface area contributed by atoms with Crippen LogP contribution < -0.4 is 10.5 Å². The minimum Gasteiger partial charge on any atom is -0.497 e. The molecule has 0 saturated heterocycles. The first-order valence-electron chi connectivity index (χ1n) is 9.07. The van der Waals surface area contributed by atoms with Crippen molar-refractivity contribution in [3.8, 4) is 17.0 Å². The average Bonchev–Trinajstić information content (AvgIpc) is 3.29. The number of halogens is 1. The molecule has 0 bridgehead atoms. The van der Waals surface area contributed by atoms with Gasteiger partial charge in [0.15, 0.2) is 5.65 Å². The second kappa shape index (κ2) is 6.30. The maximum Gasteiger partial charge on any atom is 0.164 e. The molecule has 1 atom stereocenters. The van der Waals surface area contributed by atoms with Gasteiger partial charge in [-0.15, -0.1) is 0 Å². The fourth-order valence-corrected chi connectivity index (χ4v) is 4.02. The van der Waals surface area contributed by atoms with E-state index in [9.17, 15) is 4.39 Å². The Morgan fingerprint density at radius 2 is 2.04 bits per heavy atom. The molecule has 0 saturated carbocycles. The van der Waals surface area contributed by atoms with Gasteiger partial charge in [-0.1, -0.05) is 24.3 Å². The van der Waals surface area contributed by atoms with Crippen molar-refractivity contribution in [2.24, 2.45) is 0 Å². The van der Waals surface area contributed by atoms with Crippen LogP contribution in [-0.4, -0.2) is 26.9 Å². The normalized spacial score (nSPS) is 15.7. The van der Waals surface area contributed by atoms with Crippen LogP contribution in [0.2, 0.25) is 0 Å². The fourth-order valence-electron chi connectivity index (χ4n) is 4.02. The summed E-state index contributed by atoms with van der Waals surface area (Å²) in [6.07, 6.45) is 3.34. The van der Waals surface area contributed by atoms with Crippen molar-refractivity contribution in [1.82, 2.24) is 19.7 Å². The zero-order valence-electron chi connectivity index (χ0n) is 15.3. The summed E-state index contributed by atoms with van der Waals surface area (Å²) in [6, 6.07) is 12.9. The topological polar surface area (TPSA) is 78.8 Å². The maximum atomic E-state index is 14.1. The number of nitrogens with two attached hydrogens (primary N) is 1. The predicted molar refractivity (Wildman–Crippen MR) is 105 cm³/mol. The monoisotopic (exact) mass is 375 g/mol. The van der Waals surface area contributed by atoms with Gasteiger partial charge in [0.25, 0.3) is 0 Å². The number of benzene rings is 2. The van der Waals surface area contributed by atoms with Gasteiger partial charge in [-0.25, -0.2) is 19.0 Å². The Morgan fingerprint density at radius 3 is 2.89 bits per heavy atom. The molecule has 28 heavy (non-hydrogen) atoms. The molecule has 2 aromatic heterocycles. The summed E-state index contributed by atoms with van der Waals surface area (Å²) in [7, 11) is 1.50.